The van der Waals surface area contributed by atoms with Crippen molar-refractivity contribution in [1.82, 2.24) is 4.90 Å². The van der Waals surface area contributed by atoms with Crippen molar-refractivity contribution < 1.29 is 4.79 Å². The van der Waals surface area contributed by atoms with Gasteiger partial charge in [0.25, 0.3) is 0 Å². The summed E-state index contributed by atoms with van der Waals surface area (Å²) in [4.78, 5) is 13.3. The molecule has 2 nitrogen and oxygen atoms in total. The minimum Gasteiger partial charge on any atom is -0.339 e. The smallest absolute Gasteiger partial charge is 0.219 e. The number of amides is 1. The summed E-state index contributed by atoms with van der Waals surface area (Å²) in [6.07, 6.45) is 1.17. The lowest BCUT2D eigenvalue weighted by atomic mass is 9.93. The third kappa shape index (κ3) is 1.62. The lowest BCUT2D eigenvalue weighted by molar-refractivity contribution is -0.130. The maximum absolute atomic E-state index is 11.2. The molecule has 0 spiro atoms. The highest BCUT2D eigenvalue weighted by atomic mass is 16.2. The zero-order valence-corrected chi connectivity index (χ0v) is 8.50. The molecule has 0 aromatic carbocycles. The fourth-order valence-electron chi connectivity index (χ4n) is 2.35. The molecule has 1 saturated heterocycles. The molecule has 70 valence electrons. The average Bonchev–Trinajstić information content (AvgIpc) is 2.30. The quantitative estimate of drug-likeness (QED) is 0.587. The molecule has 1 heterocycles. The van der Waals surface area contributed by atoms with Crippen LogP contribution >= 0.6 is 0 Å². The molecule has 1 rings (SSSR count). The summed E-state index contributed by atoms with van der Waals surface area (Å²) in [7, 11) is 0. The number of nitrogens with zero attached hydrogens (tertiary/aromatic N) is 1. The van der Waals surface area contributed by atoms with Gasteiger partial charge in [0.2, 0.25) is 5.91 Å². The summed E-state index contributed by atoms with van der Waals surface area (Å²) < 4.78 is 0. The van der Waals surface area contributed by atoms with Crippen LogP contribution in [0.4, 0.5) is 0 Å². The monoisotopic (exact) mass is 169 g/mol. The van der Waals surface area contributed by atoms with E-state index in [0.717, 1.165) is 6.54 Å². The maximum atomic E-state index is 11.2. The van der Waals surface area contributed by atoms with E-state index in [0.29, 0.717) is 17.9 Å². The van der Waals surface area contributed by atoms with Crippen molar-refractivity contribution >= 4 is 5.91 Å². The van der Waals surface area contributed by atoms with Gasteiger partial charge in [-0.1, -0.05) is 20.8 Å². The van der Waals surface area contributed by atoms with Crippen molar-refractivity contribution in [1.29, 1.82) is 0 Å². The van der Waals surface area contributed by atoms with E-state index in [1.807, 2.05) is 4.90 Å². The van der Waals surface area contributed by atoms with Crippen LogP contribution in [0, 0.1) is 11.8 Å². The number of carbonyl (C=O) groups is 1. The van der Waals surface area contributed by atoms with Crippen molar-refractivity contribution in [2.45, 2.75) is 40.2 Å². The van der Waals surface area contributed by atoms with Gasteiger partial charge in [-0.2, -0.15) is 0 Å². The van der Waals surface area contributed by atoms with Crippen molar-refractivity contribution in [2.75, 3.05) is 6.54 Å². The van der Waals surface area contributed by atoms with Crippen LogP contribution in [0.25, 0.3) is 0 Å². The number of hydrogen-bond donors (Lipinski definition) is 0. The van der Waals surface area contributed by atoms with E-state index in [9.17, 15) is 4.79 Å². The summed E-state index contributed by atoms with van der Waals surface area (Å²) in [5.74, 6) is 1.50. The molecule has 1 aliphatic rings. The van der Waals surface area contributed by atoms with E-state index in [1.54, 1.807) is 6.92 Å². The molecule has 2 atom stereocenters. The van der Waals surface area contributed by atoms with Crippen LogP contribution in [-0.2, 0) is 4.79 Å². The molecule has 1 fully saturated rings. The van der Waals surface area contributed by atoms with Gasteiger partial charge in [0.05, 0.1) is 0 Å². The second kappa shape index (κ2) is 3.46. The highest BCUT2D eigenvalue weighted by Gasteiger charge is 2.34. The van der Waals surface area contributed by atoms with E-state index in [1.165, 1.54) is 6.42 Å². The largest absolute Gasteiger partial charge is 0.339 e. The van der Waals surface area contributed by atoms with Crippen molar-refractivity contribution in [3.05, 3.63) is 0 Å². The minimum absolute atomic E-state index is 0.234. The third-order valence-corrected chi connectivity index (χ3v) is 2.86. The number of rotatable bonds is 1. The topological polar surface area (TPSA) is 20.3 Å². The molecule has 0 N–H and O–H groups in total. The zero-order valence-electron chi connectivity index (χ0n) is 8.50. The van der Waals surface area contributed by atoms with Crippen LogP contribution in [0.5, 0.6) is 0 Å². The Balaban J connectivity index is 2.70. The van der Waals surface area contributed by atoms with Gasteiger partial charge in [0.15, 0.2) is 0 Å². The number of likely N-dealkylation sites (tertiary alicyclic amines) is 1. The molecule has 0 aromatic heterocycles. The Morgan fingerprint density at radius 2 is 2.08 bits per heavy atom. The first kappa shape index (κ1) is 9.56. The Labute approximate surface area is 74.9 Å². The van der Waals surface area contributed by atoms with Gasteiger partial charge >= 0.3 is 0 Å². The van der Waals surface area contributed by atoms with Gasteiger partial charge in [-0.05, 0) is 18.3 Å². The predicted molar refractivity (Wildman–Crippen MR) is 49.8 cm³/mol. The summed E-state index contributed by atoms with van der Waals surface area (Å²) in [6, 6.07) is 0.475. The molecule has 1 aliphatic heterocycles. The van der Waals surface area contributed by atoms with Gasteiger partial charge in [-0.3, -0.25) is 4.79 Å². The molecule has 12 heavy (non-hydrogen) atoms. The van der Waals surface area contributed by atoms with E-state index in [2.05, 4.69) is 20.8 Å². The lowest BCUT2D eigenvalue weighted by Gasteiger charge is -2.29. The van der Waals surface area contributed by atoms with E-state index in [-0.39, 0.29) is 5.91 Å². The van der Waals surface area contributed by atoms with Crippen LogP contribution in [0.1, 0.15) is 34.1 Å². The Hall–Kier alpha value is -0.530. The van der Waals surface area contributed by atoms with Gasteiger partial charge in [-0.25, -0.2) is 0 Å². The summed E-state index contributed by atoms with van der Waals surface area (Å²) in [6.45, 7) is 9.27. The van der Waals surface area contributed by atoms with Crippen LogP contribution < -0.4 is 0 Å². The molecular formula is C10H19NO. The second-order valence-corrected chi connectivity index (χ2v) is 4.21. The molecule has 2 heteroatoms. The molecule has 0 aliphatic carbocycles. The SMILES string of the molecule is CC(=O)N1CCC(C)C1C(C)C. The number of hydrogen-bond acceptors (Lipinski definition) is 1. The van der Waals surface area contributed by atoms with Crippen LogP contribution in [0.3, 0.4) is 0 Å². The van der Waals surface area contributed by atoms with Crippen LogP contribution in [-0.4, -0.2) is 23.4 Å². The predicted octanol–water partition coefficient (Wildman–Crippen LogP) is 1.90. The summed E-state index contributed by atoms with van der Waals surface area (Å²) >= 11 is 0. The molecule has 2 unspecified atom stereocenters. The summed E-state index contributed by atoms with van der Waals surface area (Å²) in [5.41, 5.74) is 0. The molecule has 0 radical (unpaired) electrons. The highest BCUT2D eigenvalue weighted by molar-refractivity contribution is 5.74. The molecule has 0 bridgehead atoms. The van der Waals surface area contributed by atoms with Gasteiger partial charge in [0, 0.05) is 19.5 Å². The van der Waals surface area contributed by atoms with Crippen molar-refractivity contribution in [3.63, 3.8) is 0 Å². The minimum atomic E-state index is 0.234. The van der Waals surface area contributed by atoms with E-state index < -0.39 is 0 Å². The number of carbonyl (C=O) groups excluding carboxylic acids is 1. The lowest BCUT2D eigenvalue weighted by Crippen LogP contribution is -2.39. The molecule has 0 aromatic rings. The standard InChI is InChI=1S/C10H19NO/c1-7(2)10-8(3)5-6-11(10)9(4)12/h7-8,10H,5-6H2,1-4H3. The van der Waals surface area contributed by atoms with Gasteiger partial charge in [0.1, 0.15) is 0 Å². The fourth-order valence-corrected chi connectivity index (χ4v) is 2.35. The van der Waals surface area contributed by atoms with Gasteiger partial charge in [-0.15, -0.1) is 0 Å². The van der Waals surface area contributed by atoms with Crippen molar-refractivity contribution in [3.8, 4) is 0 Å². The molecule has 1 amide bonds. The Kier molecular flexibility index (Phi) is 2.76. The first-order chi connectivity index (χ1) is 5.54. The van der Waals surface area contributed by atoms with E-state index >= 15 is 0 Å². The second-order valence-electron chi connectivity index (χ2n) is 4.21. The Morgan fingerprint density at radius 1 is 1.50 bits per heavy atom. The zero-order chi connectivity index (χ0) is 9.30. The Bertz CT molecular complexity index is 177. The first-order valence-corrected chi connectivity index (χ1v) is 4.81. The van der Waals surface area contributed by atoms with Crippen molar-refractivity contribution in [2.24, 2.45) is 11.8 Å². The first-order valence-electron chi connectivity index (χ1n) is 4.81. The van der Waals surface area contributed by atoms with Crippen LogP contribution in [0.2, 0.25) is 0 Å². The highest BCUT2D eigenvalue weighted by Crippen LogP contribution is 2.28. The summed E-state index contributed by atoms with van der Waals surface area (Å²) in [5, 5.41) is 0. The Morgan fingerprint density at radius 3 is 2.42 bits per heavy atom. The molecule has 0 saturated carbocycles. The van der Waals surface area contributed by atoms with Crippen LogP contribution in [0.15, 0.2) is 0 Å². The fraction of sp³-hybridized carbons (Fsp3) is 0.900. The normalized spacial score (nSPS) is 29.9. The maximum Gasteiger partial charge on any atom is 0.219 e. The van der Waals surface area contributed by atoms with Gasteiger partial charge < -0.3 is 4.90 Å². The third-order valence-electron chi connectivity index (χ3n) is 2.86. The average molecular weight is 169 g/mol. The van der Waals surface area contributed by atoms with E-state index in [4.69, 9.17) is 0 Å². The molecular weight excluding hydrogens is 150 g/mol.